The average molecular weight is 373 g/mol. The highest BCUT2D eigenvalue weighted by Crippen LogP contribution is 2.04. The Morgan fingerprint density at radius 1 is 0.654 bits per heavy atom. The summed E-state index contributed by atoms with van der Waals surface area (Å²) in [6.07, 6.45) is 1.67. The highest BCUT2D eigenvalue weighted by molar-refractivity contribution is 4.71. The molecular formula is C20H44N4O2. The predicted molar refractivity (Wildman–Crippen MR) is 110 cm³/mol. The molecule has 1 aliphatic rings. The molecule has 26 heavy (non-hydrogen) atoms. The first-order chi connectivity index (χ1) is 12.4. The van der Waals surface area contributed by atoms with Crippen molar-refractivity contribution >= 4 is 0 Å². The van der Waals surface area contributed by atoms with Gasteiger partial charge in [-0.05, 0) is 58.8 Å². The van der Waals surface area contributed by atoms with E-state index in [1.807, 2.05) is 13.8 Å². The molecule has 156 valence electrons. The van der Waals surface area contributed by atoms with Crippen LogP contribution in [0.1, 0.15) is 40.5 Å². The van der Waals surface area contributed by atoms with Crippen LogP contribution >= 0.6 is 0 Å². The largest absolute Gasteiger partial charge is 0.392 e. The molecule has 6 heteroatoms. The van der Waals surface area contributed by atoms with Crippen molar-refractivity contribution < 1.29 is 10.2 Å². The fourth-order valence-electron chi connectivity index (χ4n) is 3.74. The van der Waals surface area contributed by atoms with E-state index in [9.17, 15) is 10.2 Å². The maximum Gasteiger partial charge on any atom is 0.0639 e. The molecule has 0 aromatic carbocycles. The second-order valence-corrected chi connectivity index (χ2v) is 8.45. The van der Waals surface area contributed by atoms with Gasteiger partial charge in [0.25, 0.3) is 0 Å². The van der Waals surface area contributed by atoms with Crippen LogP contribution in [0.3, 0.4) is 0 Å². The van der Waals surface area contributed by atoms with Gasteiger partial charge in [-0.1, -0.05) is 13.8 Å². The lowest BCUT2D eigenvalue weighted by Crippen LogP contribution is -2.43. The van der Waals surface area contributed by atoms with Gasteiger partial charge in [0.2, 0.25) is 0 Å². The van der Waals surface area contributed by atoms with Gasteiger partial charge in [-0.15, -0.1) is 0 Å². The van der Waals surface area contributed by atoms with Crippen LogP contribution in [-0.4, -0.2) is 109 Å². The minimum atomic E-state index is -0.287. The van der Waals surface area contributed by atoms with Gasteiger partial charge in [0.1, 0.15) is 0 Å². The summed E-state index contributed by atoms with van der Waals surface area (Å²) in [5, 5.41) is 23.1. The second-order valence-electron chi connectivity index (χ2n) is 8.45. The second kappa shape index (κ2) is 13.9. The minimum Gasteiger partial charge on any atom is -0.392 e. The first-order valence-corrected chi connectivity index (χ1v) is 10.6. The first-order valence-electron chi connectivity index (χ1n) is 10.6. The van der Waals surface area contributed by atoms with Crippen LogP contribution in [0.5, 0.6) is 0 Å². The molecule has 0 bridgehead atoms. The van der Waals surface area contributed by atoms with E-state index in [0.717, 1.165) is 78.4 Å². The van der Waals surface area contributed by atoms with Crippen LogP contribution in [-0.2, 0) is 0 Å². The summed E-state index contributed by atoms with van der Waals surface area (Å²) in [6, 6.07) is 0. The third kappa shape index (κ3) is 12.2. The maximum absolute atomic E-state index is 9.85. The van der Waals surface area contributed by atoms with E-state index in [4.69, 9.17) is 0 Å². The topological polar surface area (TPSA) is 62.2 Å². The Bertz CT molecular complexity index is 340. The normalized spacial score (nSPS) is 23.7. The Labute approximate surface area is 161 Å². The molecule has 6 nitrogen and oxygen atoms in total. The number of rotatable bonds is 6. The van der Waals surface area contributed by atoms with Gasteiger partial charge in [0, 0.05) is 45.8 Å². The van der Waals surface area contributed by atoms with Crippen molar-refractivity contribution in [1.29, 1.82) is 0 Å². The van der Waals surface area contributed by atoms with Gasteiger partial charge >= 0.3 is 0 Å². The smallest absolute Gasteiger partial charge is 0.0639 e. The van der Waals surface area contributed by atoms with Crippen molar-refractivity contribution in [3.05, 3.63) is 0 Å². The highest BCUT2D eigenvalue weighted by Gasteiger charge is 2.14. The van der Waals surface area contributed by atoms with Gasteiger partial charge in [-0.3, -0.25) is 9.80 Å². The summed E-state index contributed by atoms with van der Waals surface area (Å²) in [7, 11) is 0. The van der Waals surface area contributed by atoms with Crippen LogP contribution in [0.2, 0.25) is 0 Å². The number of hydrogen-bond acceptors (Lipinski definition) is 6. The standard InChI is InChI=1S/C20H44N4O2/c1-18(2)15-23-9-5-7-21-8-12-22(16-19(3)25)10-6-11-24(14-13-23)17-20(4)26/h18-21,25-26H,5-17H2,1-4H3. The van der Waals surface area contributed by atoms with Crippen LogP contribution < -0.4 is 5.32 Å². The molecular weight excluding hydrogens is 328 g/mol. The zero-order valence-corrected chi connectivity index (χ0v) is 17.7. The molecule has 0 radical (unpaired) electrons. The van der Waals surface area contributed by atoms with E-state index in [1.54, 1.807) is 0 Å². The fraction of sp³-hybridized carbons (Fsp3) is 1.00. The van der Waals surface area contributed by atoms with Gasteiger partial charge < -0.3 is 20.4 Å². The predicted octanol–water partition coefficient (Wildman–Crippen LogP) is 0.693. The van der Waals surface area contributed by atoms with Crippen molar-refractivity contribution in [2.45, 2.75) is 52.7 Å². The molecule has 1 fully saturated rings. The van der Waals surface area contributed by atoms with Crippen molar-refractivity contribution in [3.8, 4) is 0 Å². The molecule has 1 saturated heterocycles. The molecule has 0 aromatic rings. The third-order valence-electron chi connectivity index (χ3n) is 4.78. The lowest BCUT2D eigenvalue weighted by molar-refractivity contribution is 0.101. The molecule has 2 unspecified atom stereocenters. The Kier molecular flexibility index (Phi) is 12.7. The monoisotopic (exact) mass is 372 g/mol. The van der Waals surface area contributed by atoms with E-state index in [-0.39, 0.29) is 12.2 Å². The van der Waals surface area contributed by atoms with Crippen molar-refractivity contribution in [2.24, 2.45) is 5.92 Å². The molecule has 1 rings (SSSR count). The lowest BCUT2D eigenvalue weighted by Gasteiger charge is -2.31. The molecule has 0 saturated carbocycles. The van der Waals surface area contributed by atoms with E-state index in [0.29, 0.717) is 5.92 Å². The molecule has 0 amide bonds. The van der Waals surface area contributed by atoms with E-state index >= 15 is 0 Å². The van der Waals surface area contributed by atoms with Gasteiger partial charge in [0.05, 0.1) is 12.2 Å². The molecule has 0 aliphatic carbocycles. The quantitative estimate of drug-likeness (QED) is 0.638. The van der Waals surface area contributed by atoms with Crippen LogP contribution in [0.15, 0.2) is 0 Å². The summed E-state index contributed by atoms with van der Waals surface area (Å²) >= 11 is 0. The fourth-order valence-corrected chi connectivity index (χ4v) is 3.74. The van der Waals surface area contributed by atoms with Crippen LogP contribution in [0.25, 0.3) is 0 Å². The van der Waals surface area contributed by atoms with E-state index in [2.05, 4.69) is 33.9 Å². The summed E-state index contributed by atoms with van der Waals surface area (Å²) in [4.78, 5) is 7.34. The molecule has 0 spiro atoms. The zero-order valence-electron chi connectivity index (χ0n) is 17.7. The first kappa shape index (κ1) is 23.8. The number of aliphatic hydroxyl groups is 2. The Balaban J connectivity index is 2.63. The SMILES string of the molecule is CC(C)CN1CCCNCCN(CC(C)O)CCCN(CC(C)O)CC1. The van der Waals surface area contributed by atoms with Crippen LogP contribution in [0.4, 0.5) is 0 Å². The number of nitrogens with one attached hydrogen (secondary N) is 1. The molecule has 2 atom stereocenters. The van der Waals surface area contributed by atoms with E-state index in [1.165, 1.54) is 6.42 Å². The summed E-state index contributed by atoms with van der Waals surface area (Å²) in [5.41, 5.74) is 0. The third-order valence-corrected chi connectivity index (χ3v) is 4.78. The number of β-amino-alcohol motifs (C(OH)–C–C–N with tert-alkyl or cyclic N) is 2. The number of hydrogen-bond donors (Lipinski definition) is 3. The molecule has 1 heterocycles. The van der Waals surface area contributed by atoms with Gasteiger partial charge in [0.15, 0.2) is 0 Å². The molecule has 3 N–H and O–H groups in total. The summed E-state index contributed by atoms with van der Waals surface area (Å²) in [5.74, 6) is 0.682. The number of aliphatic hydroxyl groups excluding tert-OH is 2. The molecule has 0 aromatic heterocycles. The maximum atomic E-state index is 9.85. The van der Waals surface area contributed by atoms with Gasteiger partial charge in [-0.2, -0.15) is 0 Å². The summed E-state index contributed by atoms with van der Waals surface area (Å²) in [6.45, 7) is 19.2. The summed E-state index contributed by atoms with van der Waals surface area (Å²) < 4.78 is 0. The average Bonchev–Trinajstić information content (AvgIpc) is 2.52. The zero-order chi connectivity index (χ0) is 19.4. The van der Waals surface area contributed by atoms with Crippen molar-refractivity contribution in [3.63, 3.8) is 0 Å². The van der Waals surface area contributed by atoms with Crippen molar-refractivity contribution in [1.82, 2.24) is 20.0 Å². The Morgan fingerprint density at radius 3 is 1.69 bits per heavy atom. The van der Waals surface area contributed by atoms with Crippen LogP contribution in [0, 0.1) is 5.92 Å². The lowest BCUT2D eigenvalue weighted by atomic mass is 10.2. The van der Waals surface area contributed by atoms with Gasteiger partial charge in [-0.25, -0.2) is 0 Å². The minimum absolute atomic E-state index is 0.285. The highest BCUT2D eigenvalue weighted by atomic mass is 16.3. The molecule has 1 aliphatic heterocycles. The van der Waals surface area contributed by atoms with Crippen molar-refractivity contribution in [2.75, 3.05) is 72.0 Å². The van der Waals surface area contributed by atoms with E-state index < -0.39 is 0 Å². The Hall–Kier alpha value is -0.240. The number of nitrogens with zero attached hydrogens (tertiary/aromatic N) is 3. The Morgan fingerprint density at radius 2 is 1.15 bits per heavy atom.